The normalized spacial score (nSPS) is 11.3. The molecule has 0 fully saturated rings. The smallest absolute Gasteiger partial charge is 0.330 e. The van der Waals surface area contributed by atoms with Gasteiger partial charge in [-0.05, 0) is 24.0 Å². The molecule has 0 radical (unpaired) electrons. The van der Waals surface area contributed by atoms with E-state index in [9.17, 15) is 14.4 Å². The number of H-pyrrole nitrogens is 1. The molecule has 0 saturated carbocycles. The van der Waals surface area contributed by atoms with Crippen LogP contribution in [0.4, 0.5) is 11.5 Å². The van der Waals surface area contributed by atoms with Gasteiger partial charge in [0.15, 0.2) is 5.69 Å². The number of halogens is 2. The summed E-state index contributed by atoms with van der Waals surface area (Å²) in [5, 5.41) is 0.886. The van der Waals surface area contributed by atoms with Crippen molar-refractivity contribution in [3.05, 3.63) is 49.1 Å². The Morgan fingerprint density at radius 2 is 1.77 bits per heavy atom. The Kier molecular flexibility index (Phi) is 8.46. The molecule has 2 rings (SSSR count). The average Bonchev–Trinajstić information content (AvgIpc) is 2.63. The molecule has 1 heterocycles. The molecule has 0 aliphatic carbocycles. The van der Waals surface area contributed by atoms with Gasteiger partial charge in [0.05, 0.1) is 15.8 Å². The predicted molar refractivity (Wildman–Crippen MR) is 125 cm³/mol. The Morgan fingerprint density at radius 1 is 1.17 bits per heavy atom. The molecular weight excluding hydrogens is 447 g/mol. The largest absolute Gasteiger partial charge is 0.383 e. The Morgan fingerprint density at radius 3 is 2.30 bits per heavy atom. The molecule has 0 spiro atoms. The van der Waals surface area contributed by atoms with Gasteiger partial charge in [-0.2, -0.15) is 0 Å². The molecule has 2 aromatic rings. The molecule has 30 heavy (non-hydrogen) atoms. The van der Waals surface area contributed by atoms with Crippen LogP contribution in [0, 0.1) is 11.8 Å². The van der Waals surface area contributed by atoms with Crippen LogP contribution in [0.2, 0.25) is 10.0 Å². The van der Waals surface area contributed by atoms with E-state index in [1.54, 1.807) is 18.2 Å². The van der Waals surface area contributed by atoms with Crippen LogP contribution in [0.25, 0.3) is 0 Å². The van der Waals surface area contributed by atoms with Crippen LogP contribution in [0.5, 0.6) is 0 Å². The highest BCUT2D eigenvalue weighted by molar-refractivity contribution is 8.00. The molecular formula is C20H26Cl2N4O3S. The van der Waals surface area contributed by atoms with Crippen molar-refractivity contribution in [2.75, 3.05) is 22.9 Å². The zero-order chi connectivity index (χ0) is 22.6. The van der Waals surface area contributed by atoms with E-state index in [1.165, 1.54) is 21.2 Å². The van der Waals surface area contributed by atoms with Crippen molar-refractivity contribution in [1.29, 1.82) is 0 Å². The number of nitrogens with one attached hydrogen (secondary N) is 1. The lowest BCUT2D eigenvalue weighted by Crippen LogP contribution is -2.43. The van der Waals surface area contributed by atoms with E-state index in [4.69, 9.17) is 28.9 Å². The van der Waals surface area contributed by atoms with Gasteiger partial charge in [0, 0.05) is 18.0 Å². The minimum absolute atomic E-state index is 0.00163. The lowest BCUT2D eigenvalue weighted by Gasteiger charge is -2.26. The number of rotatable bonds is 8. The number of thioether (sulfide) groups is 1. The van der Waals surface area contributed by atoms with Gasteiger partial charge in [-0.15, -0.1) is 11.8 Å². The molecule has 0 bridgehead atoms. The standard InChI is InChI=1S/C20H26Cl2N4O3S/c1-11(2)8-25(15(27)10-30-17-13(21)6-5-7-14(17)22)16-18(23)26(9-12(3)4)20(29)24-19(16)28/h5-7,11-12H,8-10,23H2,1-4H3,(H,24,28,29). The summed E-state index contributed by atoms with van der Waals surface area (Å²) in [5.41, 5.74) is 4.91. The van der Waals surface area contributed by atoms with Crippen molar-refractivity contribution in [2.45, 2.75) is 39.1 Å². The number of carbonyl (C=O) groups excluding carboxylic acids is 1. The number of anilines is 2. The van der Waals surface area contributed by atoms with Crippen molar-refractivity contribution < 1.29 is 4.79 Å². The van der Waals surface area contributed by atoms with Gasteiger partial charge in [0.2, 0.25) is 5.91 Å². The first-order chi connectivity index (χ1) is 14.0. The first kappa shape index (κ1) is 24.4. The molecule has 1 aromatic carbocycles. The Labute approximate surface area is 189 Å². The molecule has 0 saturated heterocycles. The zero-order valence-corrected chi connectivity index (χ0v) is 19.7. The van der Waals surface area contributed by atoms with Crippen LogP contribution in [-0.2, 0) is 11.3 Å². The lowest BCUT2D eigenvalue weighted by atomic mass is 10.2. The average molecular weight is 473 g/mol. The van der Waals surface area contributed by atoms with Crippen LogP contribution >= 0.6 is 35.0 Å². The molecule has 7 nitrogen and oxygen atoms in total. The van der Waals surface area contributed by atoms with Crippen LogP contribution < -0.4 is 21.9 Å². The van der Waals surface area contributed by atoms with Gasteiger partial charge in [0.1, 0.15) is 5.82 Å². The summed E-state index contributed by atoms with van der Waals surface area (Å²) in [7, 11) is 0. The lowest BCUT2D eigenvalue weighted by molar-refractivity contribution is -0.116. The highest BCUT2D eigenvalue weighted by Gasteiger charge is 2.25. The third-order valence-corrected chi connectivity index (χ3v) is 6.11. The van der Waals surface area contributed by atoms with E-state index >= 15 is 0 Å². The third-order valence-electron chi connectivity index (χ3n) is 4.14. The van der Waals surface area contributed by atoms with E-state index < -0.39 is 11.2 Å². The second-order valence-electron chi connectivity index (χ2n) is 7.74. The van der Waals surface area contributed by atoms with Gasteiger partial charge in [-0.3, -0.25) is 19.1 Å². The minimum atomic E-state index is -0.688. The fourth-order valence-electron chi connectivity index (χ4n) is 2.90. The first-order valence-electron chi connectivity index (χ1n) is 9.52. The summed E-state index contributed by atoms with van der Waals surface area (Å²) in [6, 6.07) is 5.10. The zero-order valence-electron chi connectivity index (χ0n) is 17.4. The summed E-state index contributed by atoms with van der Waals surface area (Å²) < 4.78 is 1.29. The second-order valence-corrected chi connectivity index (χ2v) is 9.54. The molecule has 1 aromatic heterocycles. The van der Waals surface area contributed by atoms with Crippen molar-refractivity contribution in [3.63, 3.8) is 0 Å². The molecule has 10 heteroatoms. The minimum Gasteiger partial charge on any atom is -0.383 e. The fraction of sp³-hybridized carbons (Fsp3) is 0.450. The SMILES string of the molecule is CC(C)CN(C(=O)CSc1c(Cl)cccc1Cl)c1c(N)n(CC(C)C)c(=O)[nH]c1=O. The van der Waals surface area contributed by atoms with E-state index in [1.807, 2.05) is 27.7 Å². The highest BCUT2D eigenvalue weighted by Crippen LogP contribution is 2.34. The van der Waals surface area contributed by atoms with E-state index in [0.29, 0.717) is 21.5 Å². The molecule has 0 unspecified atom stereocenters. The van der Waals surface area contributed by atoms with Crippen LogP contribution in [-0.4, -0.2) is 27.8 Å². The summed E-state index contributed by atoms with van der Waals surface area (Å²) in [5.74, 6) is -0.176. The van der Waals surface area contributed by atoms with Gasteiger partial charge < -0.3 is 10.6 Å². The summed E-state index contributed by atoms with van der Waals surface area (Å²) >= 11 is 13.6. The van der Waals surface area contributed by atoms with Crippen LogP contribution in [0.15, 0.2) is 32.7 Å². The van der Waals surface area contributed by atoms with Crippen molar-refractivity contribution in [3.8, 4) is 0 Å². The topological polar surface area (TPSA) is 101 Å². The van der Waals surface area contributed by atoms with Gasteiger partial charge >= 0.3 is 5.69 Å². The number of benzene rings is 1. The number of nitrogen functional groups attached to an aromatic ring is 1. The molecule has 0 atom stereocenters. The third kappa shape index (κ3) is 5.83. The first-order valence-corrected chi connectivity index (χ1v) is 11.3. The monoisotopic (exact) mass is 472 g/mol. The Hall–Kier alpha value is -1.90. The predicted octanol–water partition coefficient (Wildman–Crippen LogP) is 3.86. The van der Waals surface area contributed by atoms with Crippen LogP contribution in [0.1, 0.15) is 27.7 Å². The van der Waals surface area contributed by atoms with E-state index in [2.05, 4.69) is 4.98 Å². The molecule has 3 N–H and O–H groups in total. The molecule has 164 valence electrons. The van der Waals surface area contributed by atoms with Gasteiger partial charge in [0.25, 0.3) is 5.56 Å². The maximum Gasteiger partial charge on any atom is 0.330 e. The molecule has 0 aliphatic rings. The van der Waals surface area contributed by atoms with Crippen molar-refractivity contribution in [1.82, 2.24) is 9.55 Å². The number of hydrogen-bond donors (Lipinski definition) is 2. The maximum absolute atomic E-state index is 13.1. The summed E-state index contributed by atoms with van der Waals surface area (Å²) in [4.78, 5) is 42.2. The fourth-order valence-corrected chi connectivity index (χ4v) is 4.46. The quantitative estimate of drug-likeness (QED) is 0.567. The summed E-state index contributed by atoms with van der Waals surface area (Å²) in [6.45, 7) is 8.29. The van der Waals surface area contributed by atoms with E-state index in [0.717, 1.165) is 0 Å². The van der Waals surface area contributed by atoms with Gasteiger partial charge in [-0.1, -0.05) is 57.0 Å². The molecule has 1 amide bonds. The number of aromatic nitrogens is 2. The Balaban J connectivity index is 2.44. The Bertz CT molecular complexity index is 1010. The van der Waals surface area contributed by atoms with Crippen molar-refractivity contribution >= 4 is 52.4 Å². The number of amides is 1. The van der Waals surface area contributed by atoms with Crippen LogP contribution in [0.3, 0.4) is 0 Å². The van der Waals surface area contributed by atoms with Crippen molar-refractivity contribution in [2.24, 2.45) is 11.8 Å². The number of nitrogens with two attached hydrogens (primary N) is 1. The number of nitrogens with zero attached hydrogens (tertiary/aromatic N) is 2. The number of carbonyl (C=O) groups is 1. The van der Waals surface area contributed by atoms with E-state index in [-0.39, 0.29) is 41.5 Å². The number of aromatic amines is 1. The molecule has 0 aliphatic heterocycles. The second kappa shape index (κ2) is 10.4. The summed E-state index contributed by atoms with van der Waals surface area (Å²) in [6.07, 6.45) is 0. The highest BCUT2D eigenvalue weighted by atomic mass is 35.5. The number of hydrogen-bond acceptors (Lipinski definition) is 5. The maximum atomic E-state index is 13.1. The van der Waals surface area contributed by atoms with Gasteiger partial charge in [-0.25, -0.2) is 4.79 Å².